The van der Waals surface area contributed by atoms with Crippen LogP contribution in [0, 0.1) is 0 Å². The van der Waals surface area contributed by atoms with Crippen molar-refractivity contribution in [3.8, 4) is 0 Å². The summed E-state index contributed by atoms with van der Waals surface area (Å²) in [4.78, 5) is 4.34. The fourth-order valence-electron chi connectivity index (χ4n) is 2.78. The lowest BCUT2D eigenvalue weighted by atomic mass is 9.86. The van der Waals surface area contributed by atoms with Crippen LogP contribution in [0.25, 0.3) is 10.9 Å². The topological polar surface area (TPSA) is 42.4 Å². The van der Waals surface area contributed by atoms with E-state index in [0.29, 0.717) is 0 Å². The molecule has 3 rings (SSSR count). The minimum absolute atomic E-state index is 0.472. The summed E-state index contributed by atoms with van der Waals surface area (Å²) in [5.41, 5.74) is 1.33. The number of benzene rings is 1. The van der Waals surface area contributed by atoms with Crippen molar-refractivity contribution >= 4 is 10.9 Å². The number of fused-ring (bicyclic) bond motifs is 1. The summed E-state index contributed by atoms with van der Waals surface area (Å²) >= 11 is 0. The molecule has 2 heterocycles. The molecule has 1 aromatic carbocycles. The van der Waals surface area contributed by atoms with E-state index < -0.39 is 11.7 Å². The average molecular weight is 257 g/mol. The Kier molecular flexibility index (Phi) is 3.25. The van der Waals surface area contributed by atoms with Gasteiger partial charge < -0.3 is 9.84 Å². The molecule has 0 saturated carbocycles. The molecule has 1 N–H and O–H groups in total. The number of hydrogen-bond acceptors (Lipinski definition) is 3. The fraction of sp³-hybridized carbons (Fsp3) is 0.438. The number of pyridine rings is 1. The van der Waals surface area contributed by atoms with E-state index in [1.165, 1.54) is 0 Å². The Labute approximate surface area is 113 Å². The Morgan fingerprint density at radius 3 is 3.00 bits per heavy atom. The minimum atomic E-state index is -0.598. The molecule has 1 aromatic heterocycles. The maximum Gasteiger partial charge on any atom is 0.108 e. The molecule has 1 fully saturated rings. The normalized spacial score (nSPS) is 25.4. The van der Waals surface area contributed by atoms with Gasteiger partial charge in [0, 0.05) is 18.2 Å². The Bertz CT molecular complexity index is 576. The molecule has 2 aromatic rings. The third-order valence-electron chi connectivity index (χ3n) is 4.02. The first-order valence-corrected chi connectivity index (χ1v) is 6.86. The van der Waals surface area contributed by atoms with E-state index in [4.69, 9.17) is 4.74 Å². The predicted molar refractivity (Wildman–Crippen MR) is 74.9 cm³/mol. The van der Waals surface area contributed by atoms with Gasteiger partial charge in [0.25, 0.3) is 0 Å². The highest BCUT2D eigenvalue weighted by Crippen LogP contribution is 2.37. The second kappa shape index (κ2) is 4.91. The molecular weight excluding hydrogens is 238 g/mol. The zero-order valence-electron chi connectivity index (χ0n) is 11.2. The monoisotopic (exact) mass is 257 g/mol. The Balaban J connectivity index is 1.94. The number of aliphatic hydroxyl groups excluding tert-OH is 1. The SMILES string of the molecule is CC1(C(O)c2ccc3cccnc3c2)CCCCO1. The number of ether oxygens (including phenoxy) is 1. The molecule has 0 amide bonds. The third kappa shape index (κ3) is 2.36. The van der Waals surface area contributed by atoms with Gasteiger partial charge in [-0.1, -0.05) is 18.2 Å². The first kappa shape index (κ1) is 12.6. The maximum atomic E-state index is 10.6. The minimum Gasteiger partial charge on any atom is -0.385 e. The van der Waals surface area contributed by atoms with Crippen LogP contribution in [-0.4, -0.2) is 22.3 Å². The van der Waals surface area contributed by atoms with Crippen molar-refractivity contribution in [1.29, 1.82) is 0 Å². The average Bonchev–Trinajstić information content (AvgIpc) is 2.47. The lowest BCUT2D eigenvalue weighted by Crippen LogP contribution is -2.39. The van der Waals surface area contributed by atoms with Gasteiger partial charge in [-0.15, -0.1) is 0 Å². The van der Waals surface area contributed by atoms with Crippen LogP contribution in [0.3, 0.4) is 0 Å². The van der Waals surface area contributed by atoms with E-state index in [2.05, 4.69) is 4.98 Å². The summed E-state index contributed by atoms with van der Waals surface area (Å²) in [6.45, 7) is 2.73. The fourth-order valence-corrected chi connectivity index (χ4v) is 2.78. The van der Waals surface area contributed by atoms with Gasteiger partial charge in [-0.3, -0.25) is 4.98 Å². The van der Waals surface area contributed by atoms with E-state index in [1.807, 2.05) is 37.3 Å². The summed E-state index contributed by atoms with van der Waals surface area (Å²) < 4.78 is 5.82. The lowest BCUT2D eigenvalue weighted by molar-refractivity contribution is -0.138. The van der Waals surface area contributed by atoms with E-state index in [-0.39, 0.29) is 0 Å². The second-order valence-corrected chi connectivity index (χ2v) is 5.48. The Morgan fingerprint density at radius 2 is 2.21 bits per heavy atom. The number of aromatic nitrogens is 1. The molecule has 0 radical (unpaired) electrons. The van der Waals surface area contributed by atoms with Gasteiger partial charge >= 0.3 is 0 Å². The van der Waals surface area contributed by atoms with Crippen LogP contribution in [0.1, 0.15) is 37.9 Å². The molecule has 3 heteroatoms. The van der Waals surface area contributed by atoms with E-state index in [0.717, 1.165) is 42.3 Å². The summed E-state index contributed by atoms with van der Waals surface area (Å²) in [6.07, 6.45) is 4.27. The summed E-state index contributed by atoms with van der Waals surface area (Å²) in [5, 5.41) is 11.7. The van der Waals surface area contributed by atoms with Gasteiger partial charge in [-0.2, -0.15) is 0 Å². The highest BCUT2D eigenvalue weighted by atomic mass is 16.5. The Morgan fingerprint density at radius 1 is 1.32 bits per heavy atom. The predicted octanol–water partition coefficient (Wildman–Crippen LogP) is 3.23. The smallest absolute Gasteiger partial charge is 0.108 e. The molecule has 2 unspecified atom stereocenters. The van der Waals surface area contributed by atoms with Crippen molar-refractivity contribution in [1.82, 2.24) is 4.98 Å². The van der Waals surface area contributed by atoms with Crippen LogP contribution < -0.4 is 0 Å². The summed E-state index contributed by atoms with van der Waals surface area (Å²) in [5.74, 6) is 0. The van der Waals surface area contributed by atoms with Crippen molar-refractivity contribution in [2.75, 3.05) is 6.61 Å². The number of hydrogen-bond donors (Lipinski definition) is 1. The maximum absolute atomic E-state index is 10.6. The lowest BCUT2D eigenvalue weighted by Gasteiger charge is -2.38. The highest BCUT2D eigenvalue weighted by Gasteiger charge is 2.36. The van der Waals surface area contributed by atoms with Crippen molar-refractivity contribution in [3.05, 3.63) is 42.1 Å². The molecule has 19 heavy (non-hydrogen) atoms. The van der Waals surface area contributed by atoms with E-state index in [1.54, 1.807) is 6.20 Å². The van der Waals surface area contributed by atoms with Gasteiger partial charge in [-0.25, -0.2) is 0 Å². The van der Waals surface area contributed by atoms with Crippen molar-refractivity contribution < 1.29 is 9.84 Å². The molecule has 1 aliphatic heterocycles. The molecule has 0 bridgehead atoms. The van der Waals surface area contributed by atoms with E-state index >= 15 is 0 Å². The summed E-state index contributed by atoms with van der Waals surface area (Å²) in [6, 6.07) is 9.88. The zero-order chi connectivity index (χ0) is 13.3. The Hall–Kier alpha value is -1.45. The zero-order valence-corrected chi connectivity index (χ0v) is 11.2. The van der Waals surface area contributed by atoms with Crippen molar-refractivity contribution in [3.63, 3.8) is 0 Å². The van der Waals surface area contributed by atoms with Crippen LogP contribution in [0.2, 0.25) is 0 Å². The van der Waals surface area contributed by atoms with Crippen LogP contribution in [-0.2, 0) is 4.74 Å². The largest absolute Gasteiger partial charge is 0.385 e. The van der Waals surface area contributed by atoms with Crippen LogP contribution in [0.5, 0.6) is 0 Å². The number of rotatable bonds is 2. The molecule has 0 spiro atoms. The number of nitrogens with zero attached hydrogens (tertiary/aromatic N) is 1. The van der Waals surface area contributed by atoms with Gasteiger partial charge in [0.15, 0.2) is 0 Å². The highest BCUT2D eigenvalue weighted by molar-refractivity contribution is 5.78. The first-order chi connectivity index (χ1) is 9.19. The van der Waals surface area contributed by atoms with Gasteiger partial charge in [0.05, 0.1) is 11.1 Å². The second-order valence-electron chi connectivity index (χ2n) is 5.48. The molecule has 1 aliphatic rings. The van der Waals surface area contributed by atoms with Crippen molar-refractivity contribution in [2.45, 2.75) is 37.9 Å². The standard InChI is InChI=1S/C16H19NO2/c1-16(8-2-3-10-19-16)15(18)13-7-6-12-5-4-9-17-14(12)11-13/h4-7,9,11,15,18H,2-3,8,10H2,1H3. The van der Waals surface area contributed by atoms with Crippen LogP contribution in [0.15, 0.2) is 36.5 Å². The molecule has 2 atom stereocenters. The molecule has 1 saturated heterocycles. The third-order valence-corrected chi connectivity index (χ3v) is 4.02. The van der Waals surface area contributed by atoms with Gasteiger partial charge in [0.1, 0.15) is 6.10 Å². The number of aliphatic hydroxyl groups is 1. The van der Waals surface area contributed by atoms with Crippen LogP contribution in [0.4, 0.5) is 0 Å². The summed E-state index contributed by atoms with van der Waals surface area (Å²) in [7, 11) is 0. The van der Waals surface area contributed by atoms with Crippen molar-refractivity contribution in [2.24, 2.45) is 0 Å². The quantitative estimate of drug-likeness (QED) is 0.898. The molecule has 0 aliphatic carbocycles. The first-order valence-electron chi connectivity index (χ1n) is 6.86. The van der Waals surface area contributed by atoms with E-state index in [9.17, 15) is 5.11 Å². The van der Waals surface area contributed by atoms with Crippen LogP contribution >= 0.6 is 0 Å². The molecule has 100 valence electrons. The molecule has 3 nitrogen and oxygen atoms in total. The molecular formula is C16H19NO2. The van der Waals surface area contributed by atoms with Gasteiger partial charge in [0.2, 0.25) is 0 Å². The van der Waals surface area contributed by atoms with Gasteiger partial charge in [-0.05, 0) is 43.9 Å².